The van der Waals surface area contributed by atoms with Crippen molar-refractivity contribution in [3.63, 3.8) is 0 Å². The van der Waals surface area contributed by atoms with Gasteiger partial charge in [-0.25, -0.2) is 9.79 Å². The maximum absolute atomic E-state index is 12.7. The number of aryl methyl sites for hydroxylation is 1. The van der Waals surface area contributed by atoms with Crippen molar-refractivity contribution in [3.8, 4) is 0 Å². The number of aliphatic imine (C=N–C) groups is 1. The van der Waals surface area contributed by atoms with E-state index >= 15 is 0 Å². The van der Waals surface area contributed by atoms with E-state index in [0.717, 1.165) is 35.7 Å². The number of fused-ring (bicyclic) bond motifs is 1. The average molecular weight is 390 g/mol. The van der Waals surface area contributed by atoms with Gasteiger partial charge in [0.25, 0.3) is 0 Å². The highest BCUT2D eigenvalue weighted by Gasteiger charge is 2.21. The smallest absolute Gasteiger partial charge is 0.322 e. The van der Waals surface area contributed by atoms with Crippen LogP contribution in [0.15, 0.2) is 63.4 Å². The van der Waals surface area contributed by atoms with Crippen LogP contribution in [0.3, 0.4) is 0 Å². The van der Waals surface area contributed by atoms with Crippen LogP contribution in [-0.4, -0.2) is 41.4 Å². The Morgan fingerprint density at radius 3 is 3.07 bits per heavy atom. The molecule has 1 aromatic heterocycles. The molecule has 3 aliphatic rings. The standard InChI is InChI=1S/C23H27N5O/c1-3-17-6-4-5-7-19(12-17)27-23(29)28-10-8-18(9-11-28)21-13-20-16(2)14-24-22(20)26-15-25-21/h4,6-8,12-15,21H,3,5,9-11H2,1-2H3,(H,27,29)(H,24,25,26). The molecule has 6 nitrogen and oxygen atoms in total. The SMILES string of the molecule is CCC1=CC(NC(=O)N2CC=C(C3C=c4c(C)c[nH]c4=NC=N3)CC2)=CCC=C1. The van der Waals surface area contributed by atoms with E-state index in [9.17, 15) is 4.79 Å². The first-order valence-electron chi connectivity index (χ1n) is 10.2. The number of carbonyl (C=O) groups is 1. The minimum atomic E-state index is -0.0488. The van der Waals surface area contributed by atoms with Gasteiger partial charge in [-0.15, -0.1) is 0 Å². The Morgan fingerprint density at radius 2 is 2.28 bits per heavy atom. The Kier molecular flexibility index (Phi) is 5.60. The summed E-state index contributed by atoms with van der Waals surface area (Å²) in [5.74, 6) is 0. The fourth-order valence-corrected chi connectivity index (χ4v) is 3.77. The van der Waals surface area contributed by atoms with Gasteiger partial charge in [-0.2, -0.15) is 0 Å². The zero-order chi connectivity index (χ0) is 20.2. The van der Waals surface area contributed by atoms with Crippen LogP contribution in [0.25, 0.3) is 6.08 Å². The van der Waals surface area contributed by atoms with Crippen molar-refractivity contribution in [2.24, 2.45) is 9.98 Å². The van der Waals surface area contributed by atoms with E-state index in [1.165, 1.54) is 16.7 Å². The van der Waals surface area contributed by atoms with Crippen molar-refractivity contribution in [1.82, 2.24) is 15.2 Å². The van der Waals surface area contributed by atoms with Gasteiger partial charge in [-0.05, 0) is 55.0 Å². The molecule has 1 aromatic rings. The molecule has 0 radical (unpaired) electrons. The number of urea groups is 1. The Labute approximate surface area is 170 Å². The van der Waals surface area contributed by atoms with Gasteiger partial charge in [0.2, 0.25) is 0 Å². The summed E-state index contributed by atoms with van der Waals surface area (Å²) in [6.45, 7) is 5.47. The second-order valence-electron chi connectivity index (χ2n) is 7.51. The average Bonchev–Trinajstić information content (AvgIpc) is 2.93. The zero-order valence-electron chi connectivity index (χ0n) is 17.0. The van der Waals surface area contributed by atoms with Crippen LogP contribution in [-0.2, 0) is 0 Å². The van der Waals surface area contributed by atoms with E-state index in [0.29, 0.717) is 13.1 Å². The van der Waals surface area contributed by atoms with Crippen molar-refractivity contribution in [3.05, 3.63) is 69.7 Å². The molecule has 150 valence electrons. The molecular formula is C23H27N5O. The Hall–Kier alpha value is -3.15. The second kappa shape index (κ2) is 8.47. The van der Waals surface area contributed by atoms with Gasteiger partial charge in [-0.3, -0.25) is 4.99 Å². The number of amides is 2. The van der Waals surface area contributed by atoms with Crippen molar-refractivity contribution < 1.29 is 4.79 Å². The van der Waals surface area contributed by atoms with Crippen LogP contribution in [0.2, 0.25) is 0 Å². The fourth-order valence-electron chi connectivity index (χ4n) is 3.77. The summed E-state index contributed by atoms with van der Waals surface area (Å²) >= 11 is 0. The number of allylic oxidation sites excluding steroid dienone is 5. The highest BCUT2D eigenvalue weighted by atomic mass is 16.2. The van der Waals surface area contributed by atoms with Crippen molar-refractivity contribution in [2.45, 2.75) is 39.2 Å². The number of nitrogens with zero attached hydrogens (tertiary/aromatic N) is 3. The van der Waals surface area contributed by atoms with Crippen LogP contribution in [0.4, 0.5) is 4.79 Å². The first-order chi connectivity index (χ1) is 14.1. The topological polar surface area (TPSA) is 72.8 Å². The van der Waals surface area contributed by atoms with E-state index in [1.54, 1.807) is 6.34 Å². The number of nitrogens with one attached hydrogen (secondary N) is 2. The van der Waals surface area contributed by atoms with Crippen LogP contribution >= 0.6 is 0 Å². The van der Waals surface area contributed by atoms with E-state index in [1.807, 2.05) is 11.1 Å². The molecule has 4 rings (SSSR count). The largest absolute Gasteiger partial charge is 0.346 e. The van der Waals surface area contributed by atoms with Gasteiger partial charge in [0.1, 0.15) is 11.8 Å². The summed E-state index contributed by atoms with van der Waals surface area (Å²) in [5.41, 5.74) is 5.37. The number of rotatable bonds is 3. The summed E-state index contributed by atoms with van der Waals surface area (Å²) in [4.78, 5) is 26.7. The molecule has 3 heterocycles. The maximum atomic E-state index is 12.7. The molecule has 0 fully saturated rings. The van der Waals surface area contributed by atoms with Gasteiger partial charge in [0.15, 0.2) is 0 Å². The maximum Gasteiger partial charge on any atom is 0.322 e. The third-order valence-corrected chi connectivity index (χ3v) is 5.56. The first-order valence-corrected chi connectivity index (χ1v) is 10.2. The molecule has 0 spiro atoms. The lowest BCUT2D eigenvalue weighted by Gasteiger charge is -2.28. The van der Waals surface area contributed by atoms with E-state index in [-0.39, 0.29) is 12.1 Å². The molecule has 0 aromatic carbocycles. The first kappa shape index (κ1) is 19.2. The van der Waals surface area contributed by atoms with Crippen molar-refractivity contribution in [2.75, 3.05) is 13.1 Å². The lowest BCUT2D eigenvalue weighted by molar-refractivity contribution is 0.204. The minimum absolute atomic E-state index is 0.0228. The Balaban J connectivity index is 1.43. The third-order valence-electron chi connectivity index (χ3n) is 5.56. The lowest BCUT2D eigenvalue weighted by Crippen LogP contribution is -2.42. The van der Waals surface area contributed by atoms with E-state index in [4.69, 9.17) is 0 Å². The summed E-state index contributed by atoms with van der Waals surface area (Å²) in [7, 11) is 0. The van der Waals surface area contributed by atoms with Crippen LogP contribution in [0, 0.1) is 6.92 Å². The fraction of sp³-hybridized carbons (Fsp3) is 0.348. The van der Waals surface area contributed by atoms with Gasteiger partial charge in [0.05, 0.1) is 6.04 Å². The quantitative estimate of drug-likeness (QED) is 0.767. The Morgan fingerprint density at radius 1 is 1.38 bits per heavy atom. The molecule has 2 N–H and O–H groups in total. The van der Waals surface area contributed by atoms with E-state index < -0.39 is 0 Å². The summed E-state index contributed by atoms with van der Waals surface area (Å²) < 4.78 is 0. The molecule has 2 amide bonds. The number of H-pyrrole nitrogens is 1. The van der Waals surface area contributed by atoms with Crippen LogP contribution < -0.4 is 16.0 Å². The van der Waals surface area contributed by atoms with Gasteiger partial charge in [0, 0.05) is 30.2 Å². The molecule has 0 saturated heterocycles. The van der Waals surface area contributed by atoms with Crippen LogP contribution in [0.5, 0.6) is 0 Å². The molecule has 2 aliphatic heterocycles. The van der Waals surface area contributed by atoms with Crippen molar-refractivity contribution >= 4 is 18.4 Å². The molecular weight excluding hydrogens is 362 g/mol. The summed E-state index contributed by atoms with van der Waals surface area (Å²) in [6, 6.07) is -0.0716. The highest BCUT2D eigenvalue weighted by Crippen LogP contribution is 2.19. The number of aromatic nitrogens is 1. The van der Waals surface area contributed by atoms with E-state index in [2.05, 4.69) is 70.6 Å². The molecule has 1 atom stereocenters. The van der Waals surface area contributed by atoms with Gasteiger partial charge in [-0.1, -0.05) is 31.2 Å². The summed E-state index contributed by atoms with van der Waals surface area (Å²) in [6.07, 6.45) is 18.8. The monoisotopic (exact) mass is 389 g/mol. The van der Waals surface area contributed by atoms with Gasteiger partial charge < -0.3 is 15.2 Å². The number of hydrogen-bond acceptors (Lipinski definition) is 3. The van der Waals surface area contributed by atoms with Gasteiger partial charge >= 0.3 is 6.03 Å². The molecule has 1 aliphatic carbocycles. The number of hydrogen-bond donors (Lipinski definition) is 2. The molecule has 1 unspecified atom stereocenters. The normalized spacial score (nSPS) is 21.0. The minimum Gasteiger partial charge on any atom is -0.346 e. The third kappa shape index (κ3) is 4.31. The molecule has 29 heavy (non-hydrogen) atoms. The molecule has 6 heteroatoms. The molecule has 0 bridgehead atoms. The lowest BCUT2D eigenvalue weighted by atomic mass is 9.99. The molecule has 0 saturated carbocycles. The summed E-state index contributed by atoms with van der Waals surface area (Å²) in [5, 5.41) is 4.17. The zero-order valence-corrected chi connectivity index (χ0v) is 17.0. The number of carbonyl (C=O) groups excluding carboxylic acids is 1. The predicted octanol–water partition coefficient (Wildman–Crippen LogP) is 2.66. The van der Waals surface area contributed by atoms with Crippen molar-refractivity contribution in [1.29, 1.82) is 0 Å². The second-order valence-corrected chi connectivity index (χ2v) is 7.51. The van der Waals surface area contributed by atoms with Crippen LogP contribution in [0.1, 0.15) is 31.7 Å². The highest BCUT2D eigenvalue weighted by molar-refractivity contribution is 5.77. The number of aromatic amines is 1. The Bertz CT molecular complexity index is 1070. The predicted molar refractivity (Wildman–Crippen MR) is 116 cm³/mol.